The van der Waals surface area contributed by atoms with Crippen LogP contribution in [0.4, 0.5) is 11.4 Å². The smallest absolute Gasteiger partial charge is 0.261 e. The van der Waals surface area contributed by atoms with Gasteiger partial charge in [-0.2, -0.15) is 0 Å². The molecule has 2 aromatic rings. The minimum absolute atomic E-state index is 0.0212. The van der Waals surface area contributed by atoms with Crippen LogP contribution in [0.25, 0.3) is 0 Å². The first-order valence-electron chi connectivity index (χ1n) is 10.8. The summed E-state index contributed by atoms with van der Waals surface area (Å²) in [4.78, 5) is 17.6. The number of benzene rings is 2. The quantitative estimate of drug-likeness (QED) is 0.736. The average molecular weight is 444 g/mol. The highest BCUT2D eigenvalue weighted by atomic mass is 32.2. The van der Waals surface area contributed by atoms with Crippen molar-refractivity contribution in [1.29, 1.82) is 0 Å². The van der Waals surface area contributed by atoms with Gasteiger partial charge in [-0.3, -0.25) is 9.52 Å². The van der Waals surface area contributed by atoms with Crippen LogP contribution < -0.4 is 14.4 Å². The number of piperidine rings is 1. The number of nitrogens with one attached hydrogen (secondary N) is 1. The Bertz CT molecular complexity index is 1030. The molecule has 31 heavy (non-hydrogen) atoms. The maximum Gasteiger partial charge on any atom is 0.261 e. The van der Waals surface area contributed by atoms with Gasteiger partial charge < -0.3 is 14.5 Å². The van der Waals surface area contributed by atoms with Gasteiger partial charge in [-0.1, -0.05) is 0 Å². The highest BCUT2D eigenvalue weighted by molar-refractivity contribution is 7.92. The summed E-state index contributed by atoms with van der Waals surface area (Å²) < 4.78 is 33.5. The van der Waals surface area contributed by atoms with Crippen LogP contribution in [0, 0.1) is 0 Å². The van der Waals surface area contributed by atoms with Gasteiger partial charge in [0.1, 0.15) is 5.75 Å². The average Bonchev–Trinajstić information content (AvgIpc) is 3.34. The third-order valence-corrected chi connectivity index (χ3v) is 7.34. The standard InChI is InChI=1S/C23H29N3O4S/c1-30-19-8-10-20(11-9-19)31(28,29)24-18-7-12-22(25-13-5-6-14-25)21(17-18)23(27)26-15-3-2-4-16-26/h7-12,17,24H,2-6,13-16H2,1H3. The lowest BCUT2D eigenvalue weighted by molar-refractivity contribution is 0.0725. The molecule has 2 saturated heterocycles. The Balaban J connectivity index is 1.64. The molecule has 2 heterocycles. The lowest BCUT2D eigenvalue weighted by atomic mass is 10.1. The molecule has 0 atom stereocenters. The van der Waals surface area contributed by atoms with Crippen molar-refractivity contribution < 1.29 is 17.9 Å². The summed E-state index contributed by atoms with van der Waals surface area (Å²) in [5.41, 5.74) is 1.85. The van der Waals surface area contributed by atoms with Crippen LogP contribution >= 0.6 is 0 Å². The third kappa shape index (κ3) is 4.79. The first kappa shape index (κ1) is 21.5. The molecule has 1 N–H and O–H groups in total. The van der Waals surface area contributed by atoms with Crippen molar-refractivity contribution >= 4 is 27.3 Å². The van der Waals surface area contributed by atoms with E-state index in [1.165, 1.54) is 19.2 Å². The van der Waals surface area contributed by atoms with Crippen LogP contribution in [0.1, 0.15) is 42.5 Å². The maximum atomic E-state index is 13.3. The summed E-state index contributed by atoms with van der Waals surface area (Å²) in [7, 11) is -2.25. The molecule has 2 aliphatic heterocycles. The van der Waals surface area contributed by atoms with Gasteiger partial charge in [0, 0.05) is 37.6 Å². The molecule has 1 amide bonds. The first-order valence-corrected chi connectivity index (χ1v) is 12.3. The summed E-state index contributed by atoms with van der Waals surface area (Å²) in [5.74, 6) is 0.565. The van der Waals surface area contributed by atoms with Crippen molar-refractivity contribution in [3.63, 3.8) is 0 Å². The second kappa shape index (κ2) is 9.18. The number of anilines is 2. The number of nitrogens with zero attached hydrogens (tertiary/aromatic N) is 2. The zero-order chi connectivity index (χ0) is 21.8. The number of sulfonamides is 1. The van der Waals surface area contributed by atoms with Crippen LogP contribution in [-0.4, -0.2) is 52.5 Å². The lowest BCUT2D eigenvalue weighted by Gasteiger charge is -2.29. The molecule has 0 aliphatic carbocycles. The molecule has 2 aromatic carbocycles. The van der Waals surface area contributed by atoms with Crippen molar-refractivity contribution in [2.24, 2.45) is 0 Å². The zero-order valence-electron chi connectivity index (χ0n) is 17.8. The van der Waals surface area contributed by atoms with E-state index in [-0.39, 0.29) is 10.8 Å². The van der Waals surface area contributed by atoms with E-state index in [0.29, 0.717) is 17.0 Å². The van der Waals surface area contributed by atoms with E-state index in [2.05, 4.69) is 9.62 Å². The number of ether oxygens (including phenoxy) is 1. The molecule has 0 unspecified atom stereocenters. The number of hydrogen-bond donors (Lipinski definition) is 1. The Morgan fingerprint density at radius 2 is 1.55 bits per heavy atom. The number of likely N-dealkylation sites (tertiary alicyclic amines) is 1. The number of amides is 1. The van der Waals surface area contributed by atoms with Crippen LogP contribution in [0.5, 0.6) is 5.75 Å². The fourth-order valence-electron chi connectivity index (χ4n) is 4.24. The van der Waals surface area contributed by atoms with Crippen LogP contribution in [-0.2, 0) is 10.0 Å². The molecule has 8 heteroatoms. The van der Waals surface area contributed by atoms with Crippen LogP contribution in [0.2, 0.25) is 0 Å². The van der Waals surface area contributed by atoms with Gasteiger partial charge in [0.25, 0.3) is 15.9 Å². The Hall–Kier alpha value is -2.74. The fourth-order valence-corrected chi connectivity index (χ4v) is 5.29. The Morgan fingerprint density at radius 1 is 0.903 bits per heavy atom. The molecule has 2 fully saturated rings. The minimum Gasteiger partial charge on any atom is -0.497 e. The molecule has 0 spiro atoms. The van der Waals surface area contributed by atoms with Crippen molar-refractivity contribution in [2.75, 3.05) is 42.9 Å². The second-order valence-corrected chi connectivity index (χ2v) is 9.74. The molecular weight excluding hydrogens is 414 g/mol. The van der Waals surface area contributed by atoms with E-state index < -0.39 is 10.0 Å². The van der Waals surface area contributed by atoms with Crippen molar-refractivity contribution in [3.05, 3.63) is 48.0 Å². The number of carbonyl (C=O) groups excluding carboxylic acids is 1. The maximum absolute atomic E-state index is 13.3. The molecule has 4 rings (SSSR count). The Labute approximate surface area is 184 Å². The van der Waals surface area contributed by atoms with Crippen LogP contribution in [0.3, 0.4) is 0 Å². The second-order valence-electron chi connectivity index (χ2n) is 8.06. The van der Waals surface area contributed by atoms with Crippen molar-refractivity contribution in [3.8, 4) is 5.75 Å². The number of carbonyl (C=O) groups is 1. The summed E-state index contributed by atoms with van der Waals surface area (Å²) in [6.45, 7) is 3.33. The molecule has 0 bridgehead atoms. The summed E-state index contributed by atoms with van der Waals surface area (Å²) in [6, 6.07) is 11.5. The topological polar surface area (TPSA) is 79.0 Å². The lowest BCUT2D eigenvalue weighted by Crippen LogP contribution is -2.36. The summed E-state index contributed by atoms with van der Waals surface area (Å²) in [5, 5.41) is 0. The Kier molecular flexibility index (Phi) is 6.36. The minimum atomic E-state index is -3.78. The molecular formula is C23H29N3O4S. The van der Waals surface area contributed by atoms with E-state index in [9.17, 15) is 13.2 Å². The van der Waals surface area contributed by atoms with Gasteiger partial charge >= 0.3 is 0 Å². The third-order valence-electron chi connectivity index (χ3n) is 5.94. The molecule has 166 valence electrons. The van der Waals surface area contributed by atoms with Crippen LogP contribution in [0.15, 0.2) is 47.4 Å². The fraction of sp³-hybridized carbons (Fsp3) is 0.435. The molecule has 2 aliphatic rings. The predicted octanol–water partition coefficient (Wildman–Crippen LogP) is 3.72. The summed E-state index contributed by atoms with van der Waals surface area (Å²) >= 11 is 0. The first-order chi connectivity index (χ1) is 15.0. The molecule has 7 nitrogen and oxygen atoms in total. The van der Waals surface area contributed by atoms with E-state index in [4.69, 9.17) is 4.74 Å². The zero-order valence-corrected chi connectivity index (χ0v) is 18.7. The normalized spacial score (nSPS) is 16.9. The van der Waals surface area contributed by atoms with Gasteiger partial charge in [0.2, 0.25) is 0 Å². The van der Waals surface area contributed by atoms with Gasteiger partial charge in [0.05, 0.1) is 17.6 Å². The molecule has 0 radical (unpaired) electrons. The van der Waals surface area contributed by atoms with E-state index >= 15 is 0 Å². The number of rotatable bonds is 6. The Morgan fingerprint density at radius 3 is 2.19 bits per heavy atom. The van der Waals surface area contributed by atoms with Crippen molar-refractivity contribution in [1.82, 2.24) is 4.90 Å². The van der Waals surface area contributed by atoms with Gasteiger partial charge in [-0.15, -0.1) is 0 Å². The van der Waals surface area contributed by atoms with E-state index in [1.54, 1.807) is 24.3 Å². The highest BCUT2D eigenvalue weighted by Crippen LogP contribution is 2.30. The molecule has 0 saturated carbocycles. The summed E-state index contributed by atoms with van der Waals surface area (Å²) in [6.07, 6.45) is 5.36. The monoisotopic (exact) mass is 443 g/mol. The van der Waals surface area contributed by atoms with Crippen molar-refractivity contribution in [2.45, 2.75) is 37.0 Å². The van der Waals surface area contributed by atoms with E-state index in [0.717, 1.165) is 64.0 Å². The predicted molar refractivity (Wildman–Crippen MR) is 121 cm³/mol. The van der Waals surface area contributed by atoms with Gasteiger partial charge in [0.15, 0.2) is 0 Å². The highest BCUT2D eigenvalue weighted by Gasteiger charge is 2.25. The van der Waals surface area contributed by atoms with E-state index in [1.807, 2.05) is 11.0 Å². The van der Waals surface area contributed by atoms with Gasteiger partial charge in [-0.05, 0) is 74.6 Å². The van der Waals surface area contributed by atoms with Gasteiger partial charge in [-0.25, -0.2) is 8.42 Å². The SMILES string of the molecule is COc1ccc(S(=O)(=O)Nc2ccc(N3CCCC3)c(C(=O)N3CCCCC3)c2)cc1. The number of hydrogen-bond acceptors (Lipinski definition) is 5. The number of methoxy groups -OCH3 is 1. The largest absolute Gasteiger partial charge is 0.497 e. The molecule has 0 aromatic heterocycles.